The maximum absolute atomic E-state index is 13.1. The molecule has 1 saturated carbocycles. The van der Waals surface area contributed by atoms with Crippen LogP contribution in [0.3, 0.4) is 0 Å². The third kappa shape index (κ3) is 12.0. The first-order valence-electron chi connectivity index (χ1n) is 19.5. The number of hydrogen-bond donors (Lipinski definition) is 1. The Morgan fingerprint density at radius 2 is 1.23 bits per heavy atom. The maximum Gasteiger partial charge on any atom is 0.343 e. The van der Waals surface area contributed by atoms with Gasteiger partial charge in [0.05, 0.1) is 50.6 Å². The number of hydrogen-bond acceptors (Lipinski definition) is 11. The van der Waals surface area contributed by atoms with Crippen LogP contribution >= 0.6 is 0 Å². The van der Waals surface area contributed by atoms with Crippen molar-refractivity contribution in [1.29, 1.82) is 0 Å². The van der Waals surface area contributed by atoms with Crippen molar-refractivity contribution in [1.82, 2.24) is 0 Å². The molecule has 2 aliphatic carbocycles. The fraction of sp³-hybridized carbons (Fsp3) is 0.422. The predicted molar refractivity (Wildman–Crippen MR) is 210 cm³/mol. The summed E-state index contributed by atoms with van der Waals surface area (Å²) in [5.74, 6) is -0.268. The summed E-state index contributed by atoms with van der Waals surface area (Å²) in [5.41, 5.74) is 4.84. The lowest BCUT2D eigenvalue weighted by Gasteiger charge is -2.21. The molecule has 1 atom stereocenters. The molecule has 298 valence electrons. The van der Waals surface area contributed by atoms with Crippen LogP contribution in [-0.4, -0.2) is 68.1 Å². The molecule has 0 radical (unpaired) electrons. The predicted octanol–water partition coefficient (Wildman–Crippen LogP) is 8.20. The van der Waals surface area contributed by atoms with Gasteiger partial charge in [-0.2, -0.15) is 0 Å². The van der Waals surface area contributed by atoms with Gasteiger partial charge in [0, 0.05) is 17.9 Å². The SMILES string of the molecule is C=C(CO)C(=O)OCCCCCCOc1ccc(OC(=O)c2ccc3c(c2)C(C)c2cc(OCCCOC(=O)C(=C)CC(=O)OC4CCCCC4)ccc2-3)cc1. The average Bonchev–Trinajstić information content (AvgIpc) is 3.48. The van der Waals surface area contributed by atoms with Gasteiger partial charge in [-0.25, -0.2) is 14.4 Å². The zero-order valence-corrected chi connectivity index (χ0v) is 32.2. The molecule has 1 fully saturated rings. The normalized spacial score (nSPS) is 14.5. The van der Waals surface area contributed by atoms with E-state index in [1.165, 1.54) is 0 Å². The topological polar surface area (TPSA) is 144 Å². The summed E-state index contributed by atoms with van der Waals surface area (Å²) in [6.45, 7) is 10.1. The zero-order valence-electron chi connectivity index (χ0n) is 32.2. The Balaban J connectivity index is 0.999. The van der Waals surface area contributed by atoms with E-state index in [1.807, 2.05) is 30.3 Å². The van der Waals surface area contributed by atoms with Gasteiger partial charge in [0.1, 0.15) is 23.4 Å². The van der Waals surface area contributed by atoms with Gasteiger partial charge in [-0.15, -0.1) is 0 Å². The second-order valence-corrected chi connectivity index (χ2v) is 14.2. The third-order valence-electron chi connectivity index (χ3n) is 9.88. The number of fused-ring (bicyclic) bond motifs is 3. The summed E-state index contributed by atoms with van der Waals surface area (Å²) < 4.78 is 33.3. The molecule has 11 nitrogen and oxygen atoms in total. The van der Waals surface area contributed by atoms with Gasteiger partial charge in [-0.3, -0.25) is 4.79 Å². The van der Waals surface area contributed by atoms with Gasteiger partial charge in [-0.05, 0) is 122 Å². The minimum absolute atomic E-state index is 0.0272. The molecule has 56 heavy (non-hydrogen) atoms. The van der Waals surface area contributed by atoms with E-state index in [0.717, 1.165) is 80.0 Å². The summed E-state index contributed by atoms with van der Waals surface area (Å²) in [5, 5.41) is 8.89. The molecular weight excluding hydrogens is 716 g/mol. The minimum atomic E-state index is -0.607. The van der Waals surface area contributed by atoms with Crippen LogP contribution in [0.5, 0.6) is 17.2 Å². The van der Waals surface area contributed by atoms with Gasteiger partial charge < -0.3 is 33.5 Å². The summed E-state index contributed by atoms with van der Waals surface area (Å²) in [6, 6.07) is 18.5. The molecular formula is C45H52O11. The Bertz CT molecular complexity index is 1860. The third-order valence-corrected chi connectivity index (χ3v) is 9.88. The molecule has 1 N–H and O–H groups in total. The molecule has 0 aromatic heterocycles. The highest BCUT2D eigenvalue weighted by atomic mass is 16.6. The van der Waals surface area contributed by atoms with E-state index in [2.05, 4.69) is 20.1 Å². The monoisotopic (exact) mass is 768 g/mol. The molecule has 0 bridgehead atoms. The van der Waals surface area contributed by atoms with E-state index in [-0.39, 0.29) is 36.2 Å². The van der Waals surface area contributed by atoms with E-state index in [4.69, 9.17) is 33.5 Å². The molecule has 0 amide bonds. The molecule has 3 aromatic rings. The van der Waals surface area contributed by atoms with E-state index in [1.54, 1.807) is 30.3 Å². The van der Waals surface area contributed by atoms with Crippen LogP contribution in [-0.2, 0) is 28.6 Å². The molecule has 3 aromatic carbocycles. The minimum Gasteiger partial charge on any atom is -0.494 e. The summed E-state index contributed by atoms with van der Waals surface area (Å²) >= 11 is 0. The van der Waals surface area contributed by atoms with Gasteiger partial charge in [0.25, 0.3) is 0 Å². The fourth-order valence-corrected chi connectivity index (χ4v) is 6.72. The van der Waals surface area contributed by atoms with Crippen LogP contribution in [0.4, 0.5) is 0 Å². The molecule has 2 aliphatic rings. The smallest absolute Gasteiger partial charge is 0.343 e. The molecule has 0 heterocycles. The Labute approximate surface area is 328 Å². The molecule has 1 unspecified atom stereocenters. The number of esters is 4. The standard InChI is InChI=1S/C45H52O11/c1-30(26-42(47)55-35-12-7-6-8-13-35)43(48)54-25-11-24-52-37-19-21-39-38-20-14-33(27-40(38)32(3)41(39)28-37)45(50)56-36-17-15-34(16-18-36)51-22-9-4-5-10-23-53-44(49)31(2)29-46/h14-21,27-28,32,35,46H,1-2,4-13,22-26,29H2,3H3. The van der Waals surface area contributed by atoms with Gasteiger partial charge >= 0.3 is 23.9 Å². The van der Waals surface area contributed by atoms with Crippen molar-refractivity contribution in [2.45, 2.75) is 89.6 Å². The van der Waals surface area contributed by atoms with Crippen LogP contribution in [0.1, 0.15) is 105 Å². The molecule has 11 heteroatoms. The lowest BCUT2D eigenvalue weighted by Crippen LogP contribution is -2.22. The van der Waals surface area contributed by atoms with Crippen molar-refractivity contribution in [2.24, 2.45) is 0 Å². The van der Waals surface area contributed by atoms with E-state index in [0.29, 0.717) is 49.1 Å². The van der Waals surface area contributed by atoms with Gasteiger partial charge in [0.2, 0.25) is 0 Å². The number of carbonyl (C=O) groups excluding carboxylic acids is 4. The zero-order chi connectivity index (χ0) is 39.9. The van der Waals surface area contributed by atoms with Crippen LogP contribution in [0.2, 0.25) is 0 Å². The van der Waals surface area contributed by atoms with Crippen molar-refractivity contribution >= 4 is 23.9 Å². The summed E-state index contributed by atoms with van der Waals surface area (Å²) in [6.07, 6.45) is 8.57. The first-order valence-corrected chi connectivity index (χ1v) is 19.5. The summed E-state index contributed by atoms with van der Waals surface area (Å²) in [4.78, 5) is 49.1. The highest BCUT2D eigenvalue weighted by Crippen LogP contribution is 2.46. The van der Waals surface area contributed by atoms with Gasteiger partial charge in [0.15, 0.2) is 0 Å². The second-order valence-electron chi connectivity index (χ2n) is 14.2. The molecule has 0 aliphatic heterocycles. The highest BCUT2D eigenvalue weighted by molar-refractivity contribution is 5.94. The number of ether oxygens (including phenoxy) is 6. The highest BCUT2D eigenvalue weighted by Gasteiger charge is 2.27. The first kappa shape index (κ1) is 41.7. The van der Waals surface area contributed by atoms with E-state index < -0.39 is 30.5 Å². The quantitative estimate of drug-likeness (QED) is 0.0368. The van der Waals surface area contributed by atoms with Crippen molar-refractivity contribution in [3.63, 3.8) is 0 Å². The van der Waals surface area contributed by atoms with E-state index >= 15 is 0 Å². The summed E-state index contributed by atoms with van der Waals surface area (Å²) in [7, 11) is 0. The average molecular weight is 769 g/mol. The number of aliphatic hydroxyl groups is 1. The number of unbranched alkanes of at least 4 members (excludes halogenated alkanes) is 3. The van der Waals surface area contributed by atoms with Crippen LogP contribution in [0, 0.1) is 0 Å². The number of carbonyl (C=O) groups is 4. The second kappa shape index (κ2) is 21.0. The van der Waals surface area contributed by atoms with Crippen LogP contribution in [0.15, 0.2) is 85.0 Å². The number of aliphatic hydroxyl groups excluding tert-OH is 1. The largest absolute Gasteiger partial charge is 0.494 e. The lowest BCUT2D eigenvalue weighted by atomic mass is 9.98. The maximum atomic E-state index is 13.1. The van der Waals surface area contributed by atoms with Crippen molar-refractivity contribution in [3.8, 4) is 28.4 Å². The number of benzene rings is 3. The number of rotatable bonds is 21. The Morgan fingerprint density at radius 3 is 1.95 bits per heavy atom. The fourth-order valence-electron chi connectivity index (χ4n) is 6.72. The molecule has 0 spiro atoms. The first-order chi connectivity index (χ1) is 27.1. The van der Waals surface area contributed by atoms with Crippen molar-refractivity contribution in [3.05, 3.63) is 102 Å². The Kier molecular flexibility index (Phi) is 15.7. The molecule has 0 saturated heterocycles. The molecule has 5 rings (SSSR count). The van der Waals surface area contributed by atoms with Crippen molar-refractivity contribution < 1.29 is 52.7 Å². The van der Waals surface area contributed by atoms with Crippen LogP contribution in [0.25, 0.3) is 11.1 Å². The Hall–Kier alpha value is -5.42. The van der Waals surface area contributed by atoms with E-state index in [9.17, 15) is 19.2 Å². The Morgan fingerprint density at radius 1 is 0.661 bits per heavy atom. The lowest BCUT2D eigenvalue weighted by molar-refractivity contribution is -0.151. The van der Waals surface area contributed by atoms with Crippen LogP contribution < -0.4 is 14.2 Å². The van der Waals surface area contributed by atoms with Gasteiger partial charge in [-0.1, -0.05) is 38.6 Å². The van der Waals surface area contributed by atoms with Crippen molar-refractivity contribution in [2.75, 3.05) is 33.0 Å².